The fourth-order valence-electron chi connectivity index (χ4n) is 3.39. The van der Waals surface area contributed by atoms with Crippen LogP contribution in [0.4, 0.5) is 0 Å². The number of methoxy groups -OCH3 is 1. The molecule has 0 saturated carbocycles. The maximum absolute atomic E-state index is 9.13. The first kappa shape index (κ1) is 20.1. The van der Waals surface area contributed by atoms with Crippen molar-refractivity contribution in [2.75, 3.05) is 26.9 Å². The molecule has 3 nitrogen and oxygen atoms in total. The molecule has 3 aromatic carbocycles. The molecule has 1 N–H and O–H groups in total. The van der Waals surface area contributed by atoms with E-state index in [1.165, 1.54) is 22.3 Å². The van der Waals surface area contributed by atoms with Gasteiger partial charge in [0.25, 0.3) is 0 Å². The van der Waals surface area contributed by atoms with Crippen LogP contribution in [0.15, 0.2) is 60.7 Å². The molecule has 0 aromatic heterocycles. The second kappa shape index (κ2) is 9.54. The molecule has 0 bridgehead atoms. The average Bonchev–Trinajstić information content (AvgIpc) is 2.69. The summed E-state index contributed by atoms with van der Waals surface area (Å²) in [6.07, 6.45) is 0.694. The predicted molar refractivity (Wildman–Crippen MR) is 115 cm³/mol. The first-order valence-electron chi connectivity index (χ1n) is 9.66. The van der Waals surface area contributed by atoms with Crippen LogP contribution >= 0.6 is 0 Å². The number of aryl methyl sites for hydroxylation is 2. The molecule has 28 heavy (non-hydrogen) atoms. The fourth-order valence-corrected chi connectivity index (χ4v) is 3.39. The summed E-state index contributed by atoms with van der Waals surface area (Å²) >= 11 is 0. The molecule has 3 heteroatoms. The van der Waals surface area contributed by atoms with Gasteiger partial charge in [0, 0.05) is 19.3 Å². The third kappa shape index (κ3) is 4.80. The van der Waals surface area contributed by atoms with E-state index in [0.29, 0.717) is 19.6 Å². The van der Waals surface area contributed by atoms with E-state index in [2.05, 4.69) is 74.5 Å². The monoisotopic (exact) mass is 376 g/mol. The van der Waals surface area contributed by atoms with E-state index in [0.717, 1.165) is 22.4 Å². The van der Waals surface area contributed by atoms with Crippen molar-refractivity contribution in [2.24, 2.45) is 0 Å². The molecule has 0 unspecified atom stereocenters. The molecule has 0 saturated heterocycles. The number of hydrogen-bond acceptors (Lipinski definition) is 3. The fraction of sp³-hybridized carbons (Fsp3) is 0.280. The van der Waals surface area contributed by atoms with Crippen LogP contribution in [0.5, 0.6) is 5.75 Å². The lowest BCUT2D eigenvalue weighted by Gasteiger charge is -2.14. The van der Waals surface area contributed by atoms with E-state index in [1.54, 1.807) is 7.11 Å². The minimum atomic E-state index is 0.179. The molecule has 0 heterocycles. The Kier molecular flexibility index (Phi) is 6.85. The van der Waals surface area contributed by atoms with Gasteiger partial charge in [-0.2, -0.15) is 0 Å². The predicted octanol–water partition coefficient (Wildman–Crippen LogP) is 5.20. The molecule has 0 aliphatic rings. The van der Waals surface area contributed by atoms with Crippen molar-refractivity contribution in [3.05, 3.63) is 77.4 Å². The van der Waals surface area contributed by atoms with Gasteiger partial charge < -0.3 is 14.6 Å². The van der Waals surface area contributed by atoms with Crippen molar-refractivity contribution in [3.8, 4) is 28.0 Å². The summed E-state index contributed by atoms with van der Waals surface area (Å²) in [5.41, 5.74) is 8.18. The Morgan fingerprint density at radius 3 is 2.11 bits per heavy atom. The minimum Gasteiger partial charge on any atom is -0.491 e. The summed E-state index contributed by atoms with van der Waals surface area (Å²) in [6.45, 7) is 5.46. The largest absolute Gasteiger partial charge is 0.491 e. The van der Waals surface area contributed by atoms with Gasteiger partial charge in [0.2, 0.25) is 0 Å². The highest BCUT2D eigenvalue weighted by Gasteiger charge is 2.09. The maximum atomic E-state index is 9.13. The number of benzene rings is 3. The molecule has 3 rings (SSSR count). The highest BCUT2D eigenvalue weighted by atomic mass is 16.5. The molecule has 0 amide bonds. The van der Waals surface area contributed by atoms with E-state index in [9.17, 15) is 0 Å². The van der Waals surface area contributed by atoms with E-state index in [4.69, 9.17) is 14.6 Å². The molecular formula is C25H28O3. The lowest BCUT2D eigenvalue weighted by atomic mass is 9.95. The molecule has 0 atom stereocenters. The topological polar surface area (TPSA) is 38.7 Å². The molecule has 3 aromatic rings. The summed E-state index contributed by atoms with van der Waals surface area (Å²) in [7, 11) is 1.68. The van der Waals surface area contributed by atoms with Gasteiger partial charge in [0.15, 0.2) is 0 Å². The smallest absolute Gasteiger partial charge is 0.127 e. The third-order valence-electron chi connectivity index (χ3n) is 4.88. The van der Waals surface area contributed by atoms with Gasteiger partial charge in [-0.05, 0) is 59.7 Å². The van der Waals surface area contributed by atoms with Gasteiger partial charge in [-0.25, -0.2) is 0 Å². The van der Waals surface area contributed by atoms with Crippen molar-refractivity contribution in [1.82, 2.24) is 0 Å². The molecule has 0 spiro atoms. The normalized spacial score (nSPS) is 10.9. The van der Waals surface area contributed by atoms with E-state index < -0.39 is 0 Å². The molecule has 0 radical (unpaired) electrons. The van der Waals surface area contributed by atoms with Crippen molar-refractivity contribution >= 4 is 0 Å². The molecule has 146 valence electrons. The van der Waals surface area contributed by atoms with Crippen LogP contribution in [0.1, 0.15) is 16.7 Å². The van der Waals surface area contributed by atoms with Crippen LogP contribution in [-0.4, -0.2) is 32.0 Å². The first-order valence-corrected chi connectivity index (χ1v) is 9.66. The Morgan fingerprint density at radius 2 is 1.46 bits per heavy atom. The Bertz CT molecular complexity index is 914. The Hall–Kier alpha value is -2.62. The van der Waals surface area contributed by atoms with Gasteiger partial charge in [0.1, 0.15) is 12.4 Å². The zero-order valence-corrected chi connectivity index (χ0v) is 16.9. The minimum absolute atomic E-state index is 0.179. The number of ether oxygens (including phenoxy) is 2. The Balaban J connectivity index is 1.87. The van der Waals surface area contributed by atoms with Crippen molar-refractivity contribution in [1.29, 1.82) is 0 Å². The number of aliphatic hydroxyl groups is 1. The number of rotatable bonds is 8. The van der Waals surface area contributed by atoms with Crippen LogP contribution in [0, 0.1) is 13.8 Å². The highest BCUT2D eigenvalue weighted by Crippen LogP contribution is 2.33. The maximum Gasteiger partial charge on any atom is 0.127 e. The van der Waals surface area contributed by atoms with E-state index >= 15 is 0 Å². The Labute approximate surface area is 167 Å². The van der Waals surface area contributed by atoms with Crippen LogP contribution in [-0.2, 0) is 11.2 Å². The van der Waals surface area contributed by atoms with Crippen LogP contribution < -0.4 is 4.74 Å². The van der Waals surface area contributed by atoms with Crippen LogP contribution in [0.25, 0.3) is 22.3 Å². The van der Waals surface area contributed by atoms with Crippen LogP contribution in [0.2, 0.25) is 0 Å². The zero-order chi connectivity index (χ0) is 19.9. The molecular weight excluding hydrogens is 348 g/mol. The molecule has 0 fully saturated rings. The average molecular weight is 376 g/mol. The lowest BCUT2D eigenvalue weighted by molar-refractivity contribution is 0.146. The summed E-state index contributed by atoms with van der Waals surface area (Å²) < 4.78 is 11.0. The van der Waals surface area contributed by atoms with Gasteiger partial charge >= 0.3 is 0 Å². The molecule has 0 aliphatic heterocycles. The number of hydrogen-bond donors (Lipinski definition) is 1. The van der Waals surface area contributed by atoms with Crippen molar-refractivity contribution in [2.45, 2.75) is 20.3 Å². The quantitative estimate of drug-likeness (QED) is 0.549. The van der Waals surface area contributed by atoms with E-state index in [-0.39, 0.29) is 6.61 Å². The number of aliphatic hydroxyl groups excluding tert-OH is 1. The van der Waals surface area contributed by atoms with Gasteiger partial charge in [-0.15, -0.1) is 0 Å². The van der Waals surface area contributed by atoms with Gasteiger partial charge in [-0.1, -0.05) is 54.6 Å². The Morgan fingerprint density at radius 1 is 0.786 bits per heavy atom. The highest BCUT2D eigenvalue weighted by molar-refractivity contribution is 5.75. The first-order chi connectivity index (χ1) is 13.6. The van der Waals surface area contributed by atoms with Crippen LogP contribution in [0.3, 0.4) is 0 Å². The van der Waals surface area contributed by atoms with Crippen molar-refractivity contribution in [3.63, 3.8) is 0 Å². The summed E-state index contributed by atoms with van der Waals surface area (Å²) in [4.78, 5) is 0. The SMILES string of the molecule is COCCOc1cc(C)ccc1-c1ccc(-c2ccc(CCO)cc2C)cc1. The summed E-state index contributed by atoms with van der Waals surface area (Å²) in [6, 6.07) is 21.3. The second-order valence-corrected chi connectivity index (χ2v) is 7.04. The van der Waals surface area contributed by atoms with Gasteiger partial charge in [0.05, 0.1) is 6.61 Å². The third-order valence-corrected chi connectivity index (χ3v) is 4.88. The molecule has 0 aliphatic carbocycles. The lowest BCUT2D eigenvalue weighted by Crippen LogP contribution is -2.05. The zero-order valence-electron chi connectivity index (χ0n) is 16.9. The second-order valence-electron chi connectivity index (χ2n) is 7.04. The standard InChI is InChI=1S/C25H28O3/c1-18-4-10-24(25(16-18)28-15-14-27-3)22-8-6-21(7-9-22)23-11-5-20(12-13-26)17-19(23)2/h4-11,16-17,26H,12-15H2,1-3H3. The summed E-state index contributed by atoms with van der Waals surface area (Å²) in [5, 5.41) is 9.13. The van der Waals surface area contributed by atoms with E-state index in [1.807, 2.05) is 0 Å². The van der Waals surface area contributed by atoms with Crippen molar-refractivity contribution < 1.29 is 14.6 Å². The summed E-state index contributed by atoms with van der Waals surface area (Å²) in [5.74, 6) is 0.884. The van der Waals surface area contributed by atoms with Gasteiger partial charge in [-0.3, -0.25) is 0 Å².